The van der Waals surface area contributed by atoms with Crippen molar-refractivity contribution in [3.8, 4) is 0 Å². The monoisotopic (exact) mass is 319 g/mol. The van der Waals surface area contributed by atoms with Crippen molar-refractivity contribution in [2.75, 3.05) is 13.1 Å². The first kappa shape index (κ1) is 16.5. The third kappa shape index (κ3) is 5.15. The van der Waals surface area contributed by atoms with Gasteiger partial charge in [-0.3, -0.25) is 0 Å². The fraction of sp³-hybridized carbons (Fsp3) is 0.353. The van der Waals surface area contributed by atoms with Crippen molar-refractivity contribution in [1.82, 2.24) is 10.6 Å². The standard InChI is InChI=1S/C17H22FN3S/c1-3-19-17(20-10-13(2)15-8-9-22-12-15)21-11-14-4-6-16(18)7-5-14/h4-9,12-13H,3,10-11H2,1-2H3,(H2,19,20,21). The molecule has 1 aromatic carbocycles. The quantitative estimate of drug-likeness (QED) is 0.628. The number of hydrogen-bond acceptors (Lipinski definition) is 2. The molecule has 0 saturated heterocycles. The fourth-order valence-corrected chi connectivity index (χ4v) is 2.81. The first-order valence-corrected chi connectivity index (χ1v) is 8.42. The van der Waals surface area contributed by atoms with Gasteiger partial charge in [0.25, 0.3) is 0 Å². The molecule has 1 atom stereocenters. The number of halogens is 1. The summed E-state index contributed by atoms with van der Waals surface area (Å²) in [4.78, 5) is 4.54. The van der Waals surface area contributed by atoms with Gasteiger partial charge in [-0.2, -0.15) is 11.3 Å². The van der Waals surface area contributed by atoms with E-state index in [4.69, 9.17) is 0 Å². The molecule has 3 nitrogen and oxygen atoms in total. The number of guanidine groups is 1. The Kier molecular flexibility index (Phi) is 6.40. The fourth-order valence-electron chi connectivity index (χ4n) is 2.02. The highest BCUT2D eigenvalue weighted by Gasteiger charge is 2.06. The van der Waals surface area contributed by atoms with Crippen LogP contribution in [0, 0.1) is 5.82 Å². The Morgan fingerprint density at radius 3 is 2.64 bits per heavy atom. The second kappa shape index (κ2) is 8.54. The molecule has 0 radical (unpaired) electrons. The van der Waals surface area contributed by atoms with Crippen molar-refractivity contribution >= 4 is 17.3 Å². The average Bonchev–Trinajstić information content (AvgIpc) is 3.06. The Balaban J connectivity index is 1.90. The van der Waals surface area contributed by atoms with Crippen molar-refractivity contribution in [1.29, 1.82) is 0 Å². The highest BCUT2D eigenvalue weighted by atomic mass is 32.1. The first-order chi connectivity index (χ1) is 10.7. The Labute approximate surface area is 135 Å². The van der Waals surface area contributed by atoms with Gasteiger partial charge in [-0.05, 0) is 52.9 Å². The number of benzene rings is 1. The zero-order valence-corrected chi connectivity index (χ0v) is 13.8. The van der Waals surface area contributed by atoms with E-state index in [-0.39, 0.29) is 5.82 Å². The van der Waals surface area contributed by atoms with Crippen LogP contribution in [0.5, 0.6) is 0 Å². The van der Waals surface area contributed by atoms with E-state index in [1.54, 1.807) is 23.5 Å². The minimum atomic E-state index is -0.220. The molecule has 0 saturated carbocycles. The van der Waals surface area contributed by atoms with E-state index < -0.39 is 0 Å². The van der Waals surface area contributed by atoms with Gasteiger partial charge in [-0.1, -0.05) is 19.1 Å². The largest absolute Gasteiger partial charge is 0.357 e. The predicted molar refractivity (Wildman–Crippen MR) is 92.0 cm³/mol. The smallest absolute Gasteiger partial charge is 0.191 e. The number of thiophene rings is 1. The normalized spacial score (nSPS) is 13.0. The Morgan fingerprint density at radius 1 is 1.23 bits per heavy atom. The second-order valence-corrected chi connectivity index (χ2v) is 5.94. The summed E-state index contributed by atoms with van der Waals surface area (Å²) in [6.45, 7) is 6.40. The molecule has 1 unspecified atom stereocenters. The maximum absolute atomic E-state index is 12.9. The SMILES string of the molecule is CCNC(=NCc1ccc(F)cc1)NCC(C)c1ccsc1. The van der Waals surface area contributed by atoms with E-state index in [1.165, 1.54) is 17.7 Å². The molecule has 2 rings (SSSR count). The number of aliphatic imine (C=N–C) groups is 1. The lowest BCUT2D eigenvalue weighted by Crippen LogP contribution is -2.39. The number of nitrogens with one attached hydrogen (secondary N) is 2. The predicted octanol–water partition coefficient (Wildman–Crippen LogP) is 3.75. The molecular weight excluding hydrogens is 297 g/mol. The second-order valence-electron chi connectivity index (χ2n) is 5.16. The maximum atomic E-state index is 12.9. The molecule has 0 aliphatic heterocycles. The Morgan fingerprint density at radius 2 is 2.00 bits per heavy atom. The molecule has 2 N–H and O–H groups in total. The van der Waals surface area contributed by atoms with Crippen LogP contribution < -0.4 is 10.6 Å². The Hall–Kier alpha value is -1.88. The Bertz CT molecular complexity index is 578. The van der Waals surface area contributed by atoms with E-state index in [0.29, 0.717) is 12.5 Å². The van der Waals surface area contributed by atoms with Crippen molar-refractivity contribution in [2.45, 2.75) is 26.3 Å². The van der Waals surface area contributed by atoms with E-state index in [1.807, 2.05) is 6.92 Å². The summed E-state index contributed by atoms with van der Waals surface area (Å²) in [6, 6.07) is 8.60. The van der Waals surface area contributed by atoms with Crippen LogP contribution in [0.2, 0.25) is 0 Å². The van der Waals surface area contributed by atoms with Gasteiger partial charge >= 0.3 is 0 Å². The summed E-state index contributed by atoms with van der Waals surface area (Å²) in [7, 11) is 0. The molecule has 1 aromatic heterocycles. The molecule has 0 aliphatic carbocycles. The lowest BCUT2D eigenvalue weighted by Gasteiger charge is -2.15. The van der Waals surface area contributed by atoms with Crippen LogP contribution in [0.4, 0.5) is 4.39 Å². The lowest BCUT2D eigenvalue weighted by atomic mass is 10.1. The number of rotatable bonds is 6. The van der Waals surface area contributed by atoms with Crippen molar-refractivity contribution < 1.29 is 4.39 Å². The zero-order chi connectivity index (χ0) is 15.8. The van der Waals surface area contributed by atoms with E-state index in [9.17, 15) is 4.39 Å². The molecule has 118 valence electrons. The van der Waals surface area contributed by atoms with Crippen molar-refractivity contribution in [2.24, 2.45) is 4.99 Å². The van der Waals surface area contributed by atoms with Gasteiger partial charge in [0, 0.05) is 13.1 Å². The third-order valence-electron chi connectivity index (χ3n) is 3.37. The van der Waals surface area contributed by atoms with Crippen LogP contribution in [0.3, 0.4) is 0 Å². The van der Waals surface area contributed by atoms with E-state index >= 15 is 0 Å². The minimum absolute atomic E-state index is 0.220. The topological polar surface area (TPSA) is 36.4 Å². The molecule has 2 aromatic rings. The van der Waals surface area contributed by atoms with Crippen LogP contribution >= 0.6 is 11.3 Å². The number of nitrogens with zero attached hydrogens (tertiary/aromatic N) is 1. The first-order valence-electron chi connectivity index (χ1n) is 7.47. The summed E-state index contributed by atoms with van der Waals surface area (Å²) in [5.41, 5.74) is 2.33. The van der Waals surface area contributed by atoms with Crippen LogP contribution in [0.1, 0.15) is 30.9 Å². The molecule has 0 spiro atoms. The molecule has 0 aliphatic rings. The van der Waals surface area contributed by atoms with Crippen molar-refractivity contribution in [3.05, 3.63) is 58.0 Å². The van der Waals surface area contributed by atoms with Gasteiger partial charge in [-0.15, -0.1) is 0 Å². The molecule has 0 fully saturated rings. The van der Waals surface area contributed by atoms with E-state index in [2.05, 4.69) is 39.4 Å². The van der Waals surface area contributed by atoms with Crippen molar-refractivity contribution in [3.63, 3.8) is 0 Å². The van der Waals surface area contributed by atoms with Crippen LogP contribution in [0.25, 0.3) is 0 Å². The zero-order valence-electron chi connectivity index (χ0n) is 13.0. The molecule has 5 heteroatoms. The van der Waals surface area contributed by atoms with Crippen LogP contribution in [-0.4, -0.2) is 19.0 Å². The third-order valence-corrected chi connectivity index (χ3v) is 4.07. The summed E-state index contributed by atoms with van der Waals surface area (Å²) in [5.74, 6) is 0.997. The van der Waals surface area contributed by atoms with Gasteiger partial charge in [0.1, 0.15) is 5.82 Å². The molecule has 1 heterocycles. The molecule has 0 amide bonds. The summed E-state index contributed by atoms with van der Waals surface area (Å²) in [6.07, 6.45) is 0. The molecule has 22 heavy (non-hydrogen) atoms. The van der Waals surface area contributed by atoms with Gasteiger partial charge in [-0.25, -0.2) is 9.38 Å². The van der Waals surface area contributed by atoms with E-state index in [0.717, 1.165) is 24.6 Å². The highest BCUT2D eigenvalue weighted by molar-refractivity contribution is 7.07. The summed E-state index contributed by atoms with van der Waals surface area (Å²) < 4.78 is 12.9. The highest BCUT2D eigenvalue weighted by Crippen LogP contribution is 2.17. The van der Waals surface area contributed by atoms with Gasteiger partial charge in [0.15, 0.2) is 5.96 Å². The van der Waals surface area contributed by atoms with Gasteiger partial charge in [0.05, 0.1) is 6.54 Å². The minimum Gasteiger partial charge on any atom is -0.357 e. The van der Waals surface area contributed by atoms with Gasteiger partial charge in [0.2, 0.25) is 0 Å². The maximum Gasteiger partial charge on any atom is 0.191 e. The molecule has 0 bridgehead atoms. The van der Waals surface area contributed by atoms with Gasteiger partial charge < -0.3 is 10.6 Å². The average molecular weight is 319 g/mol. The lowest BCUT2D eigenvalue weighted by molar-refractivity contribution is 0.627. The molecular formula is C17H22FN3S. The number of hydrogen-bond donors (Lipinski definition) is 2. The summed E-state index contributed by atoms with van der Waals surface area (Å²) in [5, 5.41) is 10.9. The summed E-state index contributed by atoms with van der Waals surface area (Å²) >= 11 is 1.72. The van der Waals surface area contributed by atoms with Crippen LogP contribution in [0.15, 0.2) is 46.1 Å². The van der Waals surface area contributed by atoms with Crippen LogP contribution in [-0.2, 0) is 6.54 Å².